The predicted octanol–water partition coefficient (Wildman–Crippen LogP) is 5.13. The Bertz CT molecular complexity index is 554. The smallest absolute Gasteiger partial charge is 0.146 e. The zero-order valence-corrected chi connectivity index (χ0v) is 16.2. The molecule has 18 heavy (non-hydrogen) atoms. The van der Waals surface area contributed by atoms with E-state index in [1.807, 2.05) is 12.1 Å². The first kappa shape index (κ1) is 15.0. The second-order valence-corrected chi connectivity index (χ2v) is 7.40. The van der Waals surface area contributed by atoms with E-state index in [0.717, 1.165) is 18.6 Å². The molecule has 0 radical (unpaired) electrons. The Morgan fingerprint density at radius 2 is 1.78 bits per heavy atom. The highest BCUT2D eigenvalue weighted by Crippen LogP contribution is 2.30. The van der Waals surface area contributed by atoms with Crippen molar-refractivity contribution in [2.45, 2.75) is 6.61 Å². The molecule has 0 aliphatic heterocycles. The van der Waals surface area contributed by atoms with Crippen molar-refractivity contribution in [1.82, 2.24) is 4.98 Å². The average molecular weight is 597 g/mol. The Labute approximate surface area is 151 Å². The number of nitrogens with zero attached hydrogens (tertiary/aromatic N) is 1. The molecule has 0 spiro atoms. The fraction of sp³-hybridized carbons (Fsp3) is 0.0833. The molecule has 94 valence electrons. The van der Waals surface area contributed by atoms with Gasteiger partial charge in [-0.15, -0.1) is 0 Å². The second-order valence-electron chi connectivity index (χ2n) is 3.44. The lowest BCUT2D eigenvalue weighted by Crippen LogP contribution is -2.01. The Morgan fingerprint density at radius 3 is 2.39 bits per heavy atom. The largest absolute Gasteiger partial charge is 0.485 e. The summed E-state index contributed by atoms with van der Waals surface area (Å²) in [6.45, 7) is 0.424. The number of aromatic nitrogens is 1. The van der Waals surface area contributed by atoms with Gasteiger partial charge in [0.1, 0.15) is 17.5 Å². The molecule has 2 rings (SSSR count). The van der Waals surface area contributed by atoms with Gasteiger partial charge in [-0.3, -0.25) is 0 Å². The molecule has 0 aliphatic carbocycles. The van der Waals surface area contributed by atoms with E-state index in [-0.39, 0.29) is 0 Å². The lowest BCUT2D eigenvalue weighted by Gasteiger charge is -2.10. The maximum absolute atomic E-state index is 5.84. The molecule has 6 heteroatoms. The van der Waals surface area contributed by atoms with E-state index >= 15 is 0 Å². The van der Waals surface area contributed by atoms with Gasteiger partial charge in [0.25, 0.3) is 0 Å². The van der Waals surface area contributed by atoms with Gasteiger partial charge in [-0.1, -0.05) is 17.7 Å². The molecule has 1 aromatic carbocycles. The van der Waals surface area contributed by atoms with E-state index in [1.54, 1.807) is 6.07 Å². The molecule has 1 heterocycles. The van der Waals surface area contributed by atoms with Gasteiger partial charge in [-0.05, 0) is 92.0 Å². The van der Waals surface area contributed by atoms with Crippen LogP contribution in [0.5, 0.6) is 5.75 Å². The van der Waals surface area contributed by atoms with Crippen molar-refractivity contribution in [3.8, 4) is 5.75 Å². The van der Waals surface area contributed by atoms with Gasteiger partial charge in [0, 0.05) is 3.57 Å². The minimum absolute atomic E-state index is 0.424. The van der Waals surface area contributed by atoms with Gasteiger partial charge in [0.2, 0.25) is 0 Å². The van der Waals surface area contributed by atoms with Crippen LogP contribution >= 0.6 is 79.4 Å². The fourth-order valence-corrected chi connectivity index (χ4v) is 5.42. The van der Waals surface area contributed by atoms with Crippen LogP contribution in [-0.2, 0) is 6.61 Å². The van der Waals surface area contributed by atoms with E-state index in [0.29, 0.717) is 11.8 Å². The molecule has 0 bridgehead atoms. The normalized spacial score (nSPS) is 10.4. The third-order valence-corrected chi connectivity index (χ3v) is 4.54. The van der Waals surface area contributed by atoms with Crippen LogP contribution in [0.15, 0.2) is 30.3 Å². The Balaban J connectivity index is 2.16. The highest BCUT2D eigenvalue weighted by atomic mass is 127. The number of benzene rings is 1. The molecule has 1 aromatic heterocycles. The maximum atomic E-state index is 5.84. The lowest BCUT2D eigenvalue weighted by atomic mass is 10.3. The molecule has 0 saturated heterocycles. The van der Waals surface area contributed by atoms with E-state index in [9.17, 15) is 0 Å². The summed E-state index contributed by atoms with van der Waals surface area (Å²) in [7, 11) is 0. The van der Waals surface area contributed by atoms with Crippen LogP contribution in [0.2, 0.25) is 5.15 Å². The van der Waals surface area contributed by atoms with E-state index in [4.69, 9.17) is 16.3 Å². The fourth-order valence-electron chi connectivity index (χ4n) is 1.34. The van der Waals surface area contributed by atoms with Crippen molar-refractivity contribution in [3.05, 3.63) is 51.9 Å². The van der Waals surface area contributed by atoms with Gasteiger partial charge >= 0.3 is 0 Å². The van der Waals surface area contributed by atoms with E-state index < -0.39 is 0 Å². The van der Waals surface area contributed by atoms with Crippen molar-refractivity contribution in [1.29, 1.82) is 0 Å². The van der Waals surface area contributed by atoms with Gasteiger partial charge < -0.3 is 4.74 Å². The molecule has 0 amide bonds. The summed E-state index contributed by atoms with van der Waals surface area (Å²) in [6, 6.07) is 9.70. The zero-order valence-electron chi connectivity index (χ0n) is 8.96. The van der Waals surface area contributed by atoms with E-state index in [2.05, 4.69) is 84.9 Å². The van der Waals surface area contributed by atoms with Crippen molar-refractivity contribution in [2.24, 2.45) is 0 Å². The monoisotopic (exact) mass is 597 g/mol. The first-order chi connectivity index (χ1) is 8.56. The third-order valence-electron chi connectivity index (χ3n) is 2.10. The number of pyridine rings is 1. The maximum Gasteiger partial charge on any atom is 0.146 e. The number of hydrogen-bond donors (Lipinski definition) is 0. The molecular weight excluding hydrogens is 590 g/mol. The molecule has 2 aromatic rings. The molecule has 0 aliphatic rings. The Kier molecular flexibility index (Phi) is 5.76. The molecule has 0 atom stereocenters. The highest BCUT2D eigenvalue weighted by molar-refractivity contribution is 14.1. The lowest BCUT2D eigenvalue weighted by molar-refractivity contribution is 0.297. The topological polar surface area (TPSA) is 22.1 Å². The number of rotatable bonds is 3. The molecule has 0 fully saturated rings. The first-order valence-corrected chi connectivity index (χ1v) is 8.56. The minimum atomic E-state index is 0.424. The Hall–Kier alpha value is 0.650. The van der Waals surface area contributed by atoms with Crippen molar-refractivity contribution in [2.75, 3.05) is 0 Å². The first-order valence-electron chi connectivity index (χ1n) is 4.95. The predicted molar refractivity (Wildman–Crippen MR) is 98.2 cm³/mol. The summed E-state index contributed by atoms with van der Waals surface area (Å²) in [5, 5.41) is 0.489. The SMILES string of the molecule is Clc1cccc(COc2c(I)cc(I)cc2I)n1. The van der Waals surface area contributed by atoms with Gasteiger partial charge in [-0.2, -0.15) is 0 Å². The van der Waals surface area contributed by atoms with Crippen LogP contribution in [0.3, 0.4) is 0 Å². The molecule has 0 unspecified atom stereocenters. The highest BCUT2D eigenvalue weighted by Gasteiger charge is 2.08. The number of hydrogen-bond acceptors (Lipinski definition) is 2. The van der Waals surface area contributed by atoms with Crippen LogP contribution in [-0.4, -0.2) is 4.98 Å². The zero-order chi connectivity index (χ0) is 13.1. The van der Waals surface area contributed by atoms with Gasteiger partial charge in [-0.25, -0.2) is 4.98 Å². The van der Waals surface area contributed by atoms with E-state index in [1.165, 1.54) is 3.57 Å². The second kappa shape index (κ2) is 6.89. The van der Waals surface area contributed by atoms with Crippen LogP contribution in [0.25, 0.3) is 0 Å². The van der Waals surface area contributed by atoms with Crippen molar-refractivity contribution < 1.29 is 4.74 Å². The molecule has 0 saturated carbocycles. The van der Waals surface area contributed by atoms with Crippen molar-refractivity contribution >= 4 is 79.4 Å². The van der Waals surface area contributed by atoms with Gasteiger partial charge in [0.15, 0.2) is 0 Å². The molecule has 0 N–H and O–H groups in total. The number of halogens is 4. The third kappa shape index (κ3) is 4.07. The van der Waals surface area contributed by atoms with Crippen LogP contribution in [0.1, 0.15) is 5.69 Å². The van der Waals surface area contributed by atoms with Crippen LogP contribution < -0.4 is 4.74 Å². The standard InChI is InChI=1S/C12H7ClI3NO/c13-11-3-1-2-8(17-11)6-18-12-9(15)4-7(14)5-10(12)16/h1-5H,6H2. The Morgan fingerprint density at radius 1 is 1.11 bits per heavy atom. The van der Waals surface area contributed by atoms with Gasteiger partial charge in [0.05, 0.1) is 12.8 Å². The quantitative estimate of drug-likeness (QED) is 0.362. The van der Waals surface area contributed by atoms with Crippen LogP contribution in [0, 0.1) is 10.7 Å². The summed E-state index contributed by atoms with van der Waals surface area (Å²) in [5.74, 6) is 0.901. The minimum Gasteiger partial charge on any atom is -0.485 e. The molecular formula is C12H7ClI3NO. The summed E-state index contributed by atoms with van der Waals surface area (Å²) in [5.41, 5.74) is 0.827. The van der Waals surface area contributed by atoms with Crippen LogP contribution in [0.4, 0.5) is 0 Å². The summed E-state index contributed by atoms with van der Waals surface area (Å²) in [6.07, 6.45) is 0. The summed E-state index contributed by atoms with van der Waals surface area (Å²) < 4.78 is 9.23. The summed E-state index contributed by atoms with van der Waals surface area (Å²) in [4.78, 5) is 4.20. The average Bonchev–Trinajstić information content (AvgIpc) is 2.27. The molecule has 2 nitrogen and oxygen atoms in total. The van der Waals surface area contributed by atoms with Crippen molar-refractivity contribution in [3.63, 3.8) is 0 Å². The summed E-state index contributed by atoms with van der Waals surface area (Å²) >= 11 is 12.7. The number of ether oxygens (including phenoxy) is 1.